The normalized spacial score (nSPS) is 17.0. The predicted octanol–water partition coefficient (Wildman–Crippen LogP) is 4.20. The first-order valence-corrected chi connectivity index (χ1v) is 9.55. The number of fused-ring (bicyclic) bond motifs is 3. The Morgan fingerprint density at radius 3 is 2.48 bits per heavy atom. The van der Waals surface area contributed by atoms with E-state index in [1.807, 2.05) is 24.3 Å². The van der Waals surface area contributed by atoms with E-state index < -0.39 is 10.0 Å². The molecule has 1 heterocycles. The van der Waals surface area contributed by atoms with Gasteiger partial charge in [-0.25, -0.2) is 13.1 Å². The zero-order valence-electron chi connectivity index (χ0n) is 12.8. The summed E-state index contributed by atoms with van der Waals surface area (Å²) in [4.78, 5) is 0.308. The van der Waals surface area contributed by atoms with Crippen LogP contribution in [-0.4, -0.2) is 14.5 Å². The molecule has 1 aliphatic rings. The van der Waals surface area contributed by atoms with Crippen molar-refractivity contribution in [2.75, 3.05) is 0 Å². The lowest BCUT2D eigenvalue weighted by Gasteiger charge is -2.22. The standard InChI is InChI=1S/C18H19NO3S/c20-23(21,19-13-6-2-1-3-7-13)14-10-11-18-16(12-14)15-8-4-5-9-17(15)22-18/h4-5,8-13,19H,1-3,6-7H2. The third-order valence-corrected chi connectivity index (χ3v) is 6.10. The summed E-state index contributed by atoms with van der Waals surface area (Å²) in [5, 5.41) is 1.78. The second kappa shape index (κ2) is 5.65. The van der Waals surface area contributed by atoms with Gasteiger partial charge in [0.15, 0.2) is 0 Å². The molecule has 3 aromatic rings. The minimum Gasteiger partial charge on any atom is -0.456 e. The maximum atomic E-state index is 12.7. The van der Waals surface area contributed by atoms with Gasteiger partial charge in [-0.15, -0.1) is 0 Å². The summed E-state index contributed by atoms with van der Waals surface area (Å²) in [5.41, 5.74) is 1.49. The summed E-state index contributed by atoms with van der Waals surface area (Å²) in [7, 11) is -3.49. The lowest BCUT2D eigenvalue weighted by atomic mass is 9.96. The average Bonchev–Trinajstić information content (AvgIpc) is 2.93. The molecular formula is C18H19NO3S. The third kappa shape index (κ3) is 2.75. The van der Waals surface area contributed by atoms with Crippen LogP contribution in [-0.2, 0) is 10.0 Å². The van der Waals surface area contributed by atoms with Gasteiger partial charge < -0.3 is 4.42 Å². The van der Waals surface area contributed by atoms with E-state index in [4.69, 9.17) is 4.42 Å². The Morgan fingerprint density at radius 1 is 0.913 bits per heavy atom. The van der Waals surface area contributed by atoms with Crippen molar-refractivity contribution in [3.63, 3.8) is 0 Å². The lowest BCUT2D eigenvalue weighted by Crippen LogP contribution is -2.36. The molecule has 1 aromatic heterocycles. The summed E-state index contributed by atoms with van der Waals surface area (Å²) < 4.78 is 33.9. The minimum absolute atomic E-state index is 0.0607. The monoisotopic (exact) mass is 329 g/mol. The average molecular weight is 329 g/mol. The van der Waals surface area contributed by atoms with Crippen molar-refractivity contribution >= 4 is 32.0 Å². The fraction of sp³-hybridized carbons (Fsp3) is 0.333. The van der Waals surface area contributed by atoms with Gasteiger partial charge in [0, 0.05) is 16.8 Å². The number of sulfonamides is 1. The fourth-order valence-electron chi connectivity index (χ4n) is 3.38. The Morgan fingerprint density at radius 2 is 1.65 bits per heavy atom. The maximum Gasteiger partial charge on any atom is 0.240 e. The van der Waals surface area contributed by atoms with Crippen LogP contribution in [0.5, 0.6) is 0 Å². The van der Waals surface area contributed by atoms with Gasteiger partial charge in [-0.1, -0.05) is 37.5 Å². The molecule has 23 heavy (non-hydrogen) atoms. The number of benzene rings is 2. The van der Waals surface area contributed by atoms with Crippen LogP contribution >= 0.6 is 0 Å². The smallest absolute Gasteiger partial charge is 0.240 e. The van der Waals surface area contributed by atoms with E-state index in [9.17, 15) is 8.42 Å². The van der Waals surface area contributed by atoms with Gasteiger partial charge in [0.25, 0.3) is 0 Å². The van der Waals surface area contributed by atoms with Gasteiger partial charge >= 0.3 is 0 Å². The number of rotatable bonds is 3. The van der Waals surface area contributed by atoms with Gasteiger partial charge in [-0.2, -0.15) is 0 Å². The maximum absolute atomic E-state index is 12.7. The lowest BCUT2D eigenvalue weighted by molar-refractivity contribution is 0.412. The van der Waals surface area contributed by atoms with Gasteiger partial charge in [0.05, 0.1) is 4.90 Å². The molecule has 4 nitrogen and oxygen atoms in total. The highest BCUT2D eigenvalue weighted by atomic mass is 32.2. The molecule has 4 rings (SSSR count). The van der Waals surface area contributed by atoms with Gasteiger partial charge in [-0.05, 0) is 37.1 Å². The quantitative estimate of drug-likeness (QED) is 0.783. The molecule has 0 spiro atoms. The van der Waals surface area contributed by atoms with Crippen LogP contribution < -0.4 is 4.72 Å². The van der Waals surface area contributed by atoms with Crippen LogP contribution in [0.1, 0.15) is 32.1 Å². The SMILES string of the molecule is O=S(=O)(NC1CCCCC1)c1ccc2oc3ccccc3c2c1. The molecular weight excluding hydrogens is 310 g/mol. The van der Waals surface area contributed by atoms with Crippen molar-refractivity contribution in [3.8, 4) is 0 Å². The summed E-state index contributed by atoms with van der Waals surface area (Å²) in [5.74, 6) is 0. The summed E-state index contributed by atoms with van der Waals surface area (Å²) >= 11 is 0. The van der Waals surface area contributed by atoms with Gasteiger partial charge in [0.2, 0.25) is 10.0 Å². The first-order chi connectivity index (χ1) is 11.1. The van der Waals surface area contributed by atoms with E-state index in [0.29, 0.717) is 10.5 Å². The number of para-hydroxylation sites is 1. The molecule has 0 saturated heterocycles. The van der Waals surface area contributed by atoms with Gasteiger partial charge in [-0.3, -0.25) is 0 Å². The van der Waals surface area contributed by atoms with E-state index in [1.54, 1.807) is 18.2 Å². The van der Waals surface area contributed by atoms with Crippen LogP contribution in [0, 0.1) is 0 Å². The molecule has 0 atom stereocenters. The fourth-order valence-corrected chi connectivity index (χ4v) is 4.71. The summed E-state index contributed by atoms with van der Waals surface area (Å²) in [6.07, 6.45) is 5.24. The first kappa shape index (κ1) is 14.7. The first-order valence-electron chi connectivity index (χ1n) is 8.07. The molecule has 120 valence electrons. The van der Waals surface area contributed by atoms with E-state index in [1.165, 1.54) is 6.42 Å². The van der Waals surface area contributed by atoms with Crippen LogP contribution in [0.15, 0.2) is 51.8 Å². The second-order valence-electron chi connectivity index (χ2n) is 6.21. The topological polar surface area (TPSA) is 59.3 Å². The summed E-state index contributed by atoms with van der Waals surface area (Å²) in [6, 6.07) is 12.8. The van der Waals surface area contributed by atoms with Crippen molar-refractivity contribution in [2.24, 2.45) is 0 Å². The third-order valence-electron chi connectivity index (χ3n) is 4.59. The number of hydrogen-bond acceptors (Lipinski definition) is 3. The highest BCUT2D eigenvalue weighted by Crippen LogP contribution is 2.30. The molecule has 0 unspecified atom stereocenters. The number of hydrogen-bond donors (Lipinski definition) is 1. The molecule has 1 aliphatic carbocycles. The Kier molecular flexibility index (Phi) is 3.62. The van der Waals surface area contributed by atoms with Crippen LogP contribution in [0.2, 0.25) is 0 Å². The molecule has 0 amide bonds. The van der Waals surface area contributed by atoms with E-state index in [-0.39, 0.29) is 6.04 Å². The van der Waals surface area contributed by atoms with Gasteiger partial charge in [0.1, 0.15) is 11.2 Å². The van der Waals surface area contributed by atoms with Crippen LogP contribution in [0.3, 0.4) is 0 Å². The molecule has 5 heteroatoms. The van der Waals surface area contributed by atoms with Crippen molar-refractivity contribution < 1.29 is 12.8 Å². The Balaban J connectivity index is 1.74. The van der Waals surface area contributed by atoms with Crippen molar-refractivity contribution in [1.29, 1.82) is 0 Å². The molecule has 0 aliphatic heterocycles. The van der Waals surface area contributed by atoms with Crippen molar-refractivity contribution in [1.82, 2.24) is 4.72 Å². The number of furan rings is 1. The highest BCUT2D eigenvalue weighted by molar-refractivity contribution is 7.89. The Labute approximate surface area is 135 Å². The molecule has 0 radical (unpaired) electrons. The molecule has 1 saturated carbocycles. The van der Waals surface area contributed by atoms with Crippen molar-refractivity contribution in [2.45, 2.75) is 43.0 Å². The highest BCUT2D eigenvalue weighted by Gasteiger charge is 2.22. The minimum atomic E-state index is -3.49. The predicted molar refractivity (Wildman–Crippen MR) is 90.9 cm³/mol. The Hall–Kier alpha value is -1.85. The van der Waals surface area contributed by atoms with E-state index in [0.717, 1.165) is 42.0 Å². The van der Waals surface area contributed by atoms with E-state index >= 15 is 0 Å². The molecule has 0 bridgehead atoms. The van der Waals surface area contributed by atoms with E-state index in [2.05, 4.69) is 4.72 Å². The second-order valence-corrected chi connectivity index (χ2v) is 7.93. The zero-order chi connectivity index (χ0) is 15.9. The van der Waals surface area contributed by atoms with Crippen LogP contribution in [0.25, 0.3) is 21.9 Å². The Bertz CT molecular complexity index is 953. The molecule has 1 fully saturated rings. The summed E-state index contributed by atoms with van der Waals surface area (Å²) in [6.45, 7) is 0. The number of nitrogens with one attached hydrogen (secondary N) is 1. The zero-order valence-corrected chi connectivity index (χ0v) is 13.6. The van der Waals surface area contributed by atoms with Crippen LogP contribution in [0.4, 0.5) is 0 Å². The molecule has 2 aromatic carbocycles. The van der Waals surface area contributed by atoms with Crippen molar-refractivity contribution in [3.05, 3.63) is 42.5 Å². The largest absolute Gasteiger partial charge is 0.456 e. The molecule has 1 N–H and O–H groups in total.